The molecule has 0 amide bonds. The summed E-state index contributed by atoms with van der Waals surface area (Å²) in [5, 5.41) is 0.218. The summed E-state index contributed by atoms with van der Waals surface area (Å²) in [7, 11) is 0. The van der Waals surface area contributed by atoms with E-state index in [-0.39, 0.29) is 5.82 Å². The first-order valence-corrected chi connectivity index (χ1v) is 4.75. The molecule has 0 fully saturated rings. The summed E-state index contributed by atoms with van der Waals surface area (Å²) in [5.41, 5.74) is 0. The van der Waals surface area contributed by atoms with Gasteiger partial charge in [-0.05, 0) is 41.3 Å². The third kappa shape index (κ3) is 1.57. The molecule has 1 heterocycles. The maximum Gasteiger partial charge on any atom is 0.262 e. The molecular weight excluding hydrogens is 211 g/mol. The van der Waals surface area contributed by atoms with Gasteiger partial charge in [0, 0.05) is 4.70 Å². The minimum Gasteiger partial charge on any atom is -0.275 e. The molecule has 1 aromatic heterocycles. The number of benzene rings is 1. The van der Waals surface area contributed by atoms with Crippen molar-refractivity contribution in [1.82, 2.24) is 0 Å². The highest BCUT2D eigenvalue weighted by atomic mass is 35.5. The van der Waals surface area contributed by atoms with Gasteiger partial charge >= 0.3 is 0 Å². The lowest BCUT2D eigenvalue weighted by Gasteiger charge is -1.86. The van der Waals surface area contributed by atoms with Crippen molar-refractivity contribution in [3.05, 3.63) is 35.0 Å². The Labute approximate surface area is 82.7 Å². The lowest BCUT2D eigenvalue weighted by molar-refractivity contribution is 0.108. The normalized spacial score (nSPS) is 10.6. The third-order valence-electron chi connectivity index (χ3n) is 1.67. The van der Waals surface area contributed by atoms with Gasteiger partial charge in [-0.15, -0.1) is 11.3 Å². The molecule has 0 saturated carbocycles. The second kappa shape index (κ2) is 3.09. The molecule has 1 aromatic carbocycles. The van der Waals surface area contributed by atoms with Crippen LogP contribution in [0.5, 0.6) is 0 Å². The summed E-state index contributed by atoms with van der Waals surface area (Å²) in [6, 6.07) is 5.98. The molecule has 1 nitrogen and oxygen atoms in total. The van der Waals surface area contributed by atoms with Crippen LogP contribution in [0.2, 0.25) is 0 Å². The zero-order valence-electron chi connectivity index (χ0n) is 6.38. The molecule has 2 aromatic rings. The Hall–Kier alpha value is -0.930. The van der Waals surface area contributed by atoms with Crippen LogP contribution in [-0.4, -0.2) is 5.24 Å². The Morgan fingerprint density at radius 2 is 2.15 bits per heavy atom. The standard InChI is InChI=1S/C9H4ClFOS/c10-9(12)8-4-5-3-6(11)1-2-7(5)13-8/h1-4H. The minimum atomic E-state index is -0.499. The first-order valence-electron chi connectivity index (χ1n) is 3.56. The van der Waals surface area contributed by atoms with Crippen LogP contribution in [0.3, 0.4) is 0 Å². The average molecular weight is 215 g/mol. The lowest BCUT2D eigenvalue weighted by atomic mass is 10.2. The summed E-state index contributed by atoms with van der Waals surface area (Å²) < 4.78 is 13.6. The van der Waals surface area contributed by atoms with E-state index in [1.54, 1.807) is 12.1 Å². The van der Waals surface area contributed by atoms with Crippen LogP contribution in [0.15, 0.2) is 24.3 Å². The zero-order chi connectivity index (χ0) is 9.42. The van der Waals surface area contributed by atoms with E-state index < -0.39 is 5.24 Å². The van der Waals surface area contributed by atoms with E-state index in [2.05, 4.69) is 0 Å². The van der Waals surface area contributed by atoms with Gasteiger partial charge in [0.15, 0.2) is 0 Å². The van der Waals surface area contributed by atoms with E-state index in [9.17, 15) is 9.18 Å². The molecule has 0 spiro atoms. The van der Waals surface area contributed by atoms with Crippen molar-refractivity contribution >= 4 is 38.3 Å². The number of carbonyl (C=O) groups is 1. The predicted molar refractivity (Wildman–Crippen MR) is 52.0 cm³/mol. The first kappa shape index (κ1) is 8.66. The highest BCUT2D eigenvalue weighted by Crippen LogP contribution is 2.27. The Morgan fingerprint density at radius 1 is 1.38 bits per heavy atom. The quantitative estimate of drug-likeness (QED) is 0.665. The molecule has 0 aliphatic heterocycles. The van der Waals surface area contributed by atoms with Crippen LogP contribution in [0.1, 0.15) is 9.67 Å². The number of carbonyl (C=O) groups excluding carboxylic acids is 1. The minimum absolute atomic E-state index is 0.307. The second-order valence-electron chi connectivity index (χ2n) is 2.57. The summed E-state index contributed by atoms with van der Waals surface area (Å²) in [6.45, 7) is 0. The molecule has 0 unspecified atom stereocenters. The molecule has 0 bridgehead atoms. The lowest BCUT2D eigenvalue weighted by Crippen LogP contribution is -1.78. The Kier molecular flexibility index (Phi) is 2.06. The largest absolute Gasteiger partial charge is 0.275 e. The van der Waals surface area contributed by atoms with Crippen molar-refractivity contribution < 1.29 is 9.18 Å². The van der Waals surface area contributed by atoms with Gasteiger partial charge in [-0.2, -0.15) is 0 Å². The molecule has 0 radical (unpaired) electrons. The first-order chi connectivity index (χ1) is 6.16. The number of hydrogen-bond donors (Lipinski definition) is 0. The van der Waals surface area contributed by atoms with Crippen molar-refractivity contribution in [2.45, 2.75) is 0 Å². The number of halogens is 2. The molecule has 0 N–H and O–H groups in total. The predicted octanol–water partition coefficient (Wildman–Crippen LogP) is 3.42. The van der Waals surface area contributed by atoms with Crippen molar-refractivity contribution in [3.63, 3.8) is 0 Å². The summed E-state index contributed by atoms with van der Waals surface area (Å²) in [6.07, 6.45) is 0. The SMILES string of the molecule is O=C(Cl)c1cc2cc(F)ccc2s1. The molecule has 13 heavy (non-hydrogen) atoms. The van der Waals surface area contributed by atoms with E-state index in [1.807, 2.05) is 0 Å². The van der Waals surface area contributed by atoms with Crippen LogP contribution < -0.4 is 0 Å². The van der Waals surface area contributed by atoms with Gasteiger partial charge in [-0.25, -0.2) is 4.39 Å². The van der Waals surface area contributed by atoms with Gasteiger partial charge in [0.1, 0.15) is 5.82 Å². The fraction of sp³-hybridized carbons (Fsp3) is 0. The molecule has 2 rings (SSSR count). The van der Waals surface area contributed by atoms with Gasteiger partial charge in [0.05, 0.1) is 4.88 Å². The van der Waals surface area contributed by atoms with E-state index in [0.717, 1.165) is 4.70 Å². The van der Waals surface area contributed by atoms with Crippen LogP contribution >= 0.6 is 22.9 Å². The molecule has 0 aliphatic rings. The topological polar surface area (TPSA) is 17.1 Å². The van der Waals surface area contributed by atoms with Crippen LogP contribution in [0.4, 0.5) is 4.39 Å². The number of fused-ring (bicyclic) bond motifs is 1. The van der Waals surface area contributed by atoms with Crippen molar-refractivity contribution in [1.29, 1.82) is 0 Å². The van der Waals surface area contributed by atoms with Crippen molar-refractivity contribution in [2.24, 2.45) is 0 Å². The molecule has 66 valence electrons. The van der Waals surface area contributed by atoms with E-state index in [0.29, 0.717) is 10.3 Å². The summed E-state index contributed by atoms with van der Waals surface area (Å²) in [5.74, 6) is -0.307. The molecule has 0 atom stereocenters. The molecule has 0 aliphatic carbocycles. The Bertz CT molecular complexity index is 477. The van der Waals surface area contributed by atoms with E-state index in [4.69, 9.17) is 11.6 Å². The van der Waals surface area contributed by atoms with Gasteiger partial charge in [-0.3, -0.25) is 4.79 Å². The van der Waals surface area contributed by atoms with Crippen LogP contribution in [0, 0.1) is 5.82 Å². The maximum atomic E-state index is 12.7. The maximum absolute atomic E-state index is 12.7. The van der Waals surface area contributed by atoms with Gasteiger partial charge in [0.2, 0.25) is 0 Å². The fourth-order valence-corrected chi connectivity index (χ4v) is 2.16. The second-order valence-corrected chi connectivity index (χ2v) is 3.99. The third-order valence-corrected chi connectivity index (χ3v) is 3.10. The van der Waals surface area contributed by atoms with Gasteiger partial charge in [0.25, 0.3) is 5.24 Å². The van der Waals surface area contributed by atoms with E-state index >= 15 is 0 Å². The monoisotopic (exact) mass is 214 g/mol. The highest BCUT2D eigenvalue weighted by Gasteiger charge is 2.07. The van der Waals surface area contributed by atoms with Crippen LogP contribution in [0.25, 0.3) is 10.1 Å². The van der Waals surface area contributed by atoms with E-state index in [1.165, 1.54) is 23.5 Å². The van der Waals surface area contributed by atoms with Crippen LogP contribution in [-0.2, 0) is 0 Å². The highest BCUT2D eigenvalue weighted by molar-refractivity contribution is 7.22. The summed E-state index contributed by atoms with van der Waals surface area (Å²) in [4.78, 5) is 11.2. The molecule has 0 saturated heterocycles. The van der Waals surface area contributed by atoms with Crippen molar-refractivity contribution in [3.8, 4) is 0 Å². The fourth-order valence-electron chi connectivity index (χ4n) is 1.11. The average Bonchev–Trinajstić information content (AvgIpc) is 2.46. The van der Waals surface area contributed by atoms with Gasteiger partial charge < -0.3 is 0 Å². The van der Waals surface area contributed by atoms with Crippen molar-refractivity contribution in [2.75, 3.05) is 0 Å². The molecule has 4 heteroatoms. The summed E-state index contributed by atoms with van der Waals surface area (Å²) >= 11 is 6.56. The Balaban J connectivity index is 2.68. The zero-order valence-corrected chi connectivity index (χ0v) is 7.95. The molecular formula is C9H4ClFOS. The smallest absolute Gasteiger partial charge is 0.262 e. The Morgan fingerprint density at radius 3 is 2.85 bits per heavy atom. The van der Waals surface area contributed by atoms with Gasteiger partial charge in [-0.1, -0.05) is 0 Å². The number of hydrogen-bond acceptors (Lipinski definition) is 2. The number of rotatable bonds is 1. The number of thiophene rings is 1.